The number of hydrogen-bond acceptors (Lipinski definition) is 5. The highest BCUT2D eigenvalue weighted by molar-refractivity contribution is 7.15. The molecule has 4 rings (SSSR count). The molecule has 0 N–H and O–H groups in total. The number of thiazole rings is 1. The number of benzene rings is 2. The number of aromatic nitrogens is 3. The highest BCUT2D eigenvalue weighted by atomic mass is 32.1. The Morgan fingerprint density at radius 3 is 2.26 bits per heavy atom. The Hall–Kier alpha value is -3.12. The molecular weight excluding hydrogens is 358 g/mol. The van der Waals surface area contributed by atoms with Gasteiger partial charge in [0.05, 0.1) is 4.53 Å². The standard InChI is InChI=1S/C21H17N3O2S/c1-13-3-7-15(8-4-13)11-17-19(25)22-21-24(23-17)20(26)18(27-21)12-16-9-5-14(2)6-10-16/h3-10,12H,11H2,1-2H3/b18-12+. The Kier molecular flexibility index (Phi) is 4.41. The summed E-state index contributed by atoms with van der Waals surface area (Å²) < 4.78 is 1.74. The SMILES string of the molecule is Cc1ccc(/C=c2/sc3nc(=O)c(Cc4ccc(C)cc4)nn3c2=O)cc1. The number of nitrogens with zero attached hydrogens (tertiary/aromatic N) is 3. The molecule has 6 heteroatoms. The molecule has 0 aliphatic heterocycles. The molecule has 0 bridgehead atoms. The third-order valence-corrected chi connectivity index (χ3v) is 5.28. The van der Waals surface area contributed by atoms with E-state index in [9.17, 15) is 9.59 Å². The number of hydrogen-bond donors (Lipinski definition) is 0. The first-order valence-electron chi connectivity index (χ1n) is 8.56. The normalized spacial score (nSPS) is 12.0. The summed E-state index contributed by atoms with van der Waals surface area (Å²) in [5.74, 6) is 0. The smallest absolute Gasteiger partial charge is 0.266 e. The zero-order valence-electron chi connectivity index (χ0n) is 15.0. The predicted molar refractivity (Wildman–Crippen MR) is 107 cm³/mol. The van der Waals surface area contributed by atoms with E-state index in [-0.39, 0.29) is 11.3 Å². The van der Waals surface area contributed by atoms with Gasteiger partial charge in [0, 0.05) is 6.42 Å². The maximum Gasteiger partial charge on any atom is 0.296 e. The molecule has 0 saturated heterocycles. The van der Waals surface area contributed by atoms with Crippen LogP contribution in [0.5, 0.6) is 0 Å². The Balaban J connectivity index is 1.79. The van der Waals surface area contributed by atoms with Gasteiger partial charge in [-0.3, -0.25) is 9.59 Å². The maximum atomic E-state index is 12.7. The summed E-state index contributed by atoms with van der Waals surface area (Å²) >= 11 is 1.18. The van der Waals surface area contributed by atoms with Crippen molar-refractivity contribution < 1.29 is 0 Å². The van der Waals surface area contributed by atoms with E-state index in [4.69, 9.17) is 0 Å². The van der Waals surface area contributed by atoms with E-state index in [1.54, 1.807) is 6.08 Å². The minimum atomic E-state index is -0.390. The molecule has 0 aliphatic rings. The second kappa shape index (κ2) is 6.89. The van der Waals surface area contributed by atoms with Gasteiger partial charge in [-0.15, -0.1) is 0 Å². The molecule has 0 saturated carbocycles. The lowest BCUT2D eigenvalue weighted by atomic mass is 10.1. The van der Waals surface area contributed by atoms with Crippen LogP contribution in [0.15, 0.2) is 58.1 Å². The highest BCUT2D eigenvalue weighted by Crippen LogP contribution is 2.08. The van der Waals surface area contributed by atoms with E-state index in [2.05, 4.69) is 10.1 Å². The van der Waals surface area contributed by atoms with Crippen LogP contribution in [0.2, 0.25) is 0 Å². The van der Waals surface area contributed by atoms with Crippen molar-refractivity contribution in [3.05, 3.63) is 102 Å². The van der Waals surface area contributed by atoms with Gasteiger partial charge in [0.1, 0.15) is 5.69 Å². The van der Waals surface area contributed by atoms with Crippen molar-refractivity contribution in [1.29, 1.82) is 0 Å². The fourth-order valence-corrected chi connectivity index (χ4v) is 3.67. The van der Waals surface area contributed by atoms with Gasteiger partial charge in [0.25, 0.3) is 11.1 Å². The third-order valence-electron chi connectivity index (χ3n) is 4.32. The van der Waals surface area contributed by atoms with Crippen LogP contribution < -0.4 is 15.7 Å². The molecule has 5 nitrogen and oxygen atoms in total. The van der Waals surface area contributed by atoms with Crippen LogP contribution in [0.1, 0.15) is 27.9 Å². The van der Waals surface area contributed by atoms with Crippen LogP contribution in [0, 0.1) is 13.8 Å². The number of aryl methyl sites for hydroxylation is 2. The molecule has 134 valence electrons. The summed E-state index contributed by atoms with van der Waals surface area (Å²) in [5, 5.41) is 4.29. The van der Waals surface area contributed by atoms with Crippen LogP contribution in [-0.2, 0) is 6.42 Å². The summed E-state index contributed by atoms with van der Waals surface area (Å²) in [4.78, 5) is 29.4. The average Bonchev–Trinajstić information content (AvgIpc) is 2.94. The summed E-state index contributed by atoms with van der Waals surface area (Å²) in [6, 6.07) is 15.8. The molecule has 2 aromatic carbocycles. The van der Waals surface area contributed by atoms with Gasteiger partial charge in [-0.1, -0.05) is 71.0 Å². The second-order valence-electron chi connectivity index (χ2n) is 6.55. The minimum Gasteiger partial charge on any atom is -0.266 e. The minimum absolute atomic E-state index is 0.256. The molecule has 27 heavy (non-hydrogen) atoms. The summed E-state index contributed by atoms with van der Waals surface area (Å²) in [7, 11) is 0. The molecule has 2 heterocycles. The van der Waals surface area contributed by atoms with Gasteiger partial charge >= 0.3 is 0 Å². The summed E-state index contributed by atoms with van der Waals surface area (Å²) in [6.45, 7) is 4.02. The monoisotopic (exact) mass is 375 g/mol. The molecule has 0 aliphatic carbocycles. The van der Waals surface area contributed by atoms with Crippen molar-refractivity contribution in [1.82, 2.24) is 14.6 Å². The highest BCUT2D eigenvalue weighted by Gasteiger charge is 2.11. The van der Waals surface area contributed by atoms with Gasteiger partial charge < -0.3 is 0 Å². The molecule has 2 aromatic heterocycles. The fourth-order valence-electron chi connectivity index (χ4n) is 2.77. The number of fused-ring (bicyclic) bond motifs is 1. The lowest BCUT2D eigenvalue weighted by Crippen LogP contribution is -2.28. The van der Waals surface area contributed by atoms with Crippen molar-refractivity contribution in [2.24, 2.45) is 0 Å². The first-order valence-corrected chi connectivity index (χ1v) is 9.38. The first-order chi connectivity index (χ1) is 13.0. The molecule has 0 radical (unpaired) electrons. The molecule has 0 unspecified atom stereocenters. The topological polar surface area (TPSA) is 64.3 Å². The molecule has 0 atom stereocenters. The van der Waals surface area contributed by atoms with E-state index in [0.29, 0.717) is 15.9 Å². The quantitative estimate of drug-likeness (QED) is 0.551. The lowest BCUT2D eigenvalue weighted by Gasteiger charge is -2.01. The zero-order chi connectivity index (χ0) is 19.0. The number of rotatable bonds is 3. The zero-order valence-corrected chi connectivity index (χ0v) is 15.8. The Morgan fingerprint density at radius 2 is 1.59 bits per heavy atom. The maximum absolute atomic E-state index is 12.7. The molecule has 0 amide bonds. The largest absolute Gasteiger partial charge is 0.296 e. The van der Waals surface area contributed by atoms with Gasteiger partial charge in [-0.2, -0.15) is 14.6 Å². The van der Waals surface area contributed by atoms with Gasteiger partial charge in [-0.05, 0) is 31.1 Å². The van der Waals surface area contributed by atoms with E-state index < -0.39 is 5.56 Å². The predicted octanol–water partition coefficient (Wildman–Crippen LogP) is 2.27. The molecular formula is C21H17N3O2S. The van der Waals surface area contributed by atoms with Crippen molar-refractivity contribution in [2.75, 3.05) is 0 Å². The Morgan fingerprint density at radius 1 is 0.963 bits per heavy atom. The second-order valence-corrected chi connectivity index (χ2v) is 7.56. The lowest BCUT2D eigenvalue weighted by molar-refractivity contribution is 0.811. The fraction of sp³-hybridized carbons (Fsp3) is 0.143. The van der Waals surface area contributed by atoms with E-state index in [1.807, 2.05) is 62.4 Å². The van der Waals surface area contributed by atoms with E-state index in [1.165, 1.54) is 15.9 Å². The van der Waals surface area contributed by atoms with Gasteiger partial charge in [0.2, 0.25) is 4.96 Å². The van der Waals surface area contributed by atoms with Crippen molar-refractivity contribution in [2.45, 2.75) is 20.3 Å². The van der Waals surface area contributed by atoms with Crippen LogP contribution in [-0.4, -0.2) is 14.6 Å². The third kappa shape index (κ3) is 3.57. The first kappa shape index (κ1) is 17.3. The molecule has 4 aromatic rings. The van der Waals surface area contributed by atoms with Crippen LogP contribution in [0.25, 0.3) is 11.0 Å². The summed E-state index contributed by atoms with van der Waals surface area (Å²) in [6.07, 6.45) is 2.15. The average molecular weight is 375 g/mol. The van der Waals surface area contributed by atoms with Crippen LogP contribution >= 0.6 is 11.3 Å². The van der Waals surface area contributed by atoms with Gasteiger partial charge in [0.15, 0.2) is 0 Å². The van der Waals surface area contributed by atoms with E-state index >= 15 is 0 Å². The van der Waals surface area contributed by atoms with Crippen LogP contribution in [0.3, 0.4) is 0 Å². The van der Waals surface area contributed by atoms with E-state index in [0.717, 1.165) is 22.3 Å². The van der Waals surface area contributed by atoms with Crippen LogP contribution in [0.4, 0.5) is 0 Å². The van der Waals surface area contributed by atoms with Crippen molar-refractivity contribution >= 4 is 22.4 Å². The Labute approximate surface area is 159 Å². The van der Waals surface area contributed by atoms with Crippen molar-refractivity contribution in [3.63, 3.8) is 0 Å². The molecule has 0 fully saturated rings. The van der Waals surface area contributed by atoms with Gasteiger partial charge in [-0.25, -0.2) is 0 Å². The molecule has 0 spiro atoms. The Bertz CT molecular complexity index is 1290. The summed E-state index contributed by atoms with van der Waals surface area (Å²) in [5.41, 5.74) is 3.81. The van der Waals surface area contributed by atoms with Crippen molar-refractivity contribution in [3.8, 4) is 0 Å².